The second-order valence-electron chi connectivity index (χ2n) is 4.85. The lowest BCUT2D eigenvalue weighted by Crippen LogP contribution is -2.22. The lowest BCUT2D eigenvalue weighted by atomic mass is 10.1. The van der Waals surface area contributed by atoms with Crippen LogP contribution in [0.5, 0.6) is 0 Å². The topological polar surface area (TPSA) is 53.1 Å². The molecule has 3 nitrogen and oxygen atoms in total. The van der Waals surface area contributed by atoms with Crippen molar-refractivity contribution in [3.05, 3.63) is 53.6 Å². The molecule has 2 aromatic carbocycles. The van der Waals surface area contributed by atoms with Crippen LogP contribution in [0.4, 0.5) is 11.4 Å². The van der Waals surface area contributed by atoms with Gasteiger partial charge in [-0.2, -0.15) is 0 Å². The molecule has 0 radical (unpaired) electrons. The Morgan fingerprint density at radius 1 is 1.24 bits per heavy atom. The van der Waals surface area contributed by atoms with Gasteiger partial charge in [0, 0.05) is 17.1 Å². The van der Waals surface area contributed by atoms with Crippen LogP contribution < -0.4 is 10.6 Å². The molecule has 2 rings (SSSR count). The van der Waals surface area contributed by atoms with Crippen LogP contribution in [-0.4, -0.2) is 18.6 Å². The summed E-state index contributed by atoms with van der Waals surface area (Å²) in [6.45, 7) is 5.02. The first-order chi connectivity index (χ1) is 10.1. The number of rotatable bonds is 5. The summed E-state index contributed by atoms with van der Waals surface area (Å²) in [5.41, 5.74) is 9.98. The maximum Gasteiger partial charge on any atom is 0.126 e. The number of benzene rings is 2. The van der Waals surface area contributed by atoms with Gasteiger partial charge in [0.1, 0.15) is 5.84 Å². The Hall–Kier alpha value is -1.94. The number of anilines is 2. The number of hydrogen-bond donors (Lipinski definition) is 2. The third-order valence-electron chi connectivity index (χ3n) is 3.41. The number of nitrogens with two attached hydrogens (primary N) is 1. The van der Waals surface area contributed by atoms with E-state index >= 15 is 0 Å². The smallest absolute Gasteiger partial charge is 0.126 e. The van der Waals surface area contributed by atoms with Crippen LogP contribution in [0, 0.1) is 12.3 Å². The summed E-state index contributed by atoms with van der Waals surface area (Å²) in [6, 6.07) is 14.4. The molecule has 0 unspecified atom stereocenters. The quantitative estimate of drug-likeness (QED) is 0.495. The average molecular weight is 299 g/mol. The highest BCUT2D eigenvalue weighted by Gasteiger charge is 2.16. The first-order valence-corrected chi connectivity index (χ1v) is 8.16. The SMILES string of the molecule is CCN(c1cccc(C)c1)c1cccc(SC)c1C(=N)N. The molecule has 0 amide bonds. The zero-order valence-corrected chi connectivity index (χ0v) is 13.5. The van der Waals surface area contributed by atoms with Gasteiger partial charge in [0.25, 0.3) is 0 Å². The number of hydrogen-bond acceptors (Lipinski definition) is 3. The van der Waals surface area contributed by atoms with E-state index in [4.69, 9.17) is 11.1 Å². The van der Waals surface area contributed by atoms with E-state index in [0.29, 0.717) is 0 Å². The van der Waals surface area contributed by atoms with Crippen LogP contribution in [0.25, 0.3) is 0 Å². The maximum absolute atomic E-state index is 7.93. The monoisotopic (exact) mass is 299 g/mol. The molecule has 0 aliphatic heterocycles. The van der Waals surface area contributed by atoms with E-state index < -0.39 is 0 Å². The Morgan fingerprint density at radius 2 is 1.95 bits per heavy atom. The molecule has 0 aliphatic rings. The first-order valence-electron chi connectivity index (χ1n) is 6.94. The van der Waals surface area contributed by atoms with Gasteiger partial charge in [-0.25, -0.2) is 0 Å². The zero-order valence-electron chi connectivity index (χ0n) is 12.7. The Labute approximate surface area is 130 Å². The average Bonchev–Trinajstić information content (AvgIpc) is 2.47. The minimum absolute atomic E-state index is 0.112. The largest absolute Gasteiger partial charge is 0.384 e. The van der Waals surface area contributed by atoms with Crippen LogP contribution in [0.15, 0.2) is 47.4 Å². The maximum atomic E-state index is 7.93. The summed E-state index contributed by atoms with van der Waals surface area (Å²) in [5.74, 6) is 0.112. The number of thioether (sulfide) groups is 1. The second-order valence-corrected chi connectivity index (χ2v) is 5.70. The van der Waals surface area contributed by atoms with Gasteiger partial charge in [-0.1, -0.05) is 18.2 Å². The predicted octanol–water partition coefficient (Wildman–Crippen LogP) is 4.16. The van der Waals surface area contributed by atoms with Gasteiger partial charge < -0.3 is 10.6 Å². The molecule has 21 heavy (non-hydrogen) atoms. The third kappa shape index (κ3) is 3.22. The molecule has 0 saturated carbocycles. The minimum atomic E-state index is 0.112. The van der Waals surface area contributed by atoms with Crippen molar-refractivity contribution in [2.24, 2.45) is 5.73 Å². The van der Waals surface area contributed by atoms with Crippen LogP contribution in [0.1, 0.15) is 18.1 Å². The molecule has 3 N–H and O–H groups in total. The highest BCUT2D eigenvalue weighted by Crippen LogP contribution is 2.33. The van der Waals surface area contributed by atoms with Gasteiger partial charge in [-0.3, -0.25) is 5.41 Å². The minimum Gasteiger partial charge on any atom is -0.384 e. The van der Waals surface area contributed by atoms with Gasteiger partial charge in [-0.15, -0.1) is 11.8 Å². The van der Waals surface area contributed by atoms with Crippen molar-refractivity contribution >= 4 is 29.0 Å². The van der Waals surface area contributed by atoms with Gasteiger partial charge in [0.05, 0.1) is 11.3 Å². The fraction of sp³-hybridized carbons (Fsp3) is 0.235. The van der Waals surface area contributed by atoms with E-state index in [9.17, 15) is 0 Å². The van der Waals surface area contributed by atoms with Gasteiger partial charge in [0.15, 0.2) is 0 Å². The van der Waals surface area contributed by atoms with E-state index in [1.165, 1.54) is 5.56 Å². The summed E-state index contributed by atoms with van der Waals surface area (Å²) in [7, 11) is 0. The molecule has 0 saturated heterocycles. The Bertz CT molecular complexity index is 652. The normalized spacial score (nSPS) is 10.4. The summed E-state index contributed by atoms with van der Waals surface area (Å²) in [5, 5.41) is 7.93. The molecular weight excluding hydrogens is 278 g/mol. The molecule has 0 aromatic heterocycles. The van der Waals surface area contributed by atoms with Crippen molar-refractivity contribution in [1.82, 2.24) is 0 Å². The van der Waals surface area contributed by atoms with Gasteiger partial charge in [-0.05, 0) is 49.9 Å². The molecule has 110 valence electrons. The number of nitrogens with one attached hydrogen (secondary N) is 1. The van der Waals surface area contributed by atoms with E-state index in [2.05, 4.69) is 43.0 Å². The lowest BCUT2D eigenvalue weighted by molar-refractivity contribution is 1.01. The highest BCUT2D eigenvalue weighted by atomic mass is 32.2. The molecule has 4 heteroatoms. The van der Waals surface area contributed by atoms with Gasteiger partial charge in [0.2, 0.25) is 0 Å². The van der Waals surface area contributed by atoms with Crippen LogP contribution >= 0.6 is 11.8 Å². The number of aryl methyl sites for hydroxylation is 1. The lowest BCUT2D eigenvalue weighted by Gasteiger charge is -2.27. The molecule has 0 fully saturated rings. The van der Waals surface area contributed by atoms with E-state index in [0.717, 1.165) is 28.4 Å². The number of amidine groups is 1. The molecule has 0 heterocycles. The van der Waals surface area contributed by atoms with Crippen LogP contribution in [0.2, 0.25) is 0 Å². The first kappa shape index (κ1) is 15.4. The van der Waals surface area contributed by atoms with E-state index in [1.807, 2.05) is 24.5 Å². The summed E-state index contributed by atoms with van der Waals surface area (Å²) in [6.07, 6.45) is 2.01. The molecule has 0 aliphatic carbocycles. The Kier molecular flexibility index (Phi) is 4.91. The van der Waals surface area contributed by atoms with Crippen molar-refractivity contribution in [3.8, 4) is 0 Å². The van der Waals surface area contributed by atoms with Crippen LogP contribution in [0.3, 0.4) is 0 Å². The number of nitrogens with zero attached hydrogens (tertiary/aromatic N) is 1. The van der Waals surface area contributed by atoms with E-state index in [-0.39, 0.29) is 5.84 Å². The Balaban J connectivity index is 2.60. The summed E-state index contributed by atoms with van der Waals surface area (Å²) in [4.78, 5) is 3.23. The second kappa shape index (κ2) is 6.68. The van der Waals surface area contributed by atoms with Gasteiger partial charge >= 0.3 is 0 Å². The van der Waals surface area contributed by atoms with Crippen LogP contribution in [-0.2, 0) is 0 Å². The molecule has 0 atom stereocenters. The zero-order chi connectivity index (χ0) is 15.4. The van der Waals surface area contributed by atoms with Crippen molar-refractivity contribution in [2.75, 3.05) is 17.7 Å². The molecular formula is C17H21N3S. The van der Waals surface area contributed by atoms with Crippen molar-refractivity contribution in [2.45, 2.75) is 18.7 Å². The molecule has 0 spiro atoms. The Morgan fingerprint density at radius 3 is 2.52 bits per heavy atom. The summed E-state index contributed by atoms with van der Waals surface area (Å²) >= 11 is 1.62. The van der Waals surface area contributed by atoms with Crippen molar-refractivity contribution in [3.63, 3.8) is 0 Å². The fourth-order valence-electron chi connectivity index (χ4n) is 2.47. The fourth-order valence-corrected chi connectivity index (χ4v) is 3.11. The van der Waals surface area contributed by atoms with E-state index in [1.54, 1.807) is 11.8 Å². The van der Waals surface area contributed by atoms with Crippen molar-refractivity contribution in [1.29, 1.82) is 5.41 Å². The number of nitrogen functional groups attached to an aromatic ring is 1. The third-order valence-corrected chi connectivity index (χ3v) is 4.19. The molecule has 0 bridgehead atoms. The van der Waals surface area contributed by atoms with Crippen molar-refractivity contribution < 1.29 is 0 Å². The predicted molar refractivity (Wildman–Crippen MR) is 93.1 cm³/mol. The highest BCUT2D eigenvalue weighted by molar-refractivity contribution is 7.98. The summed E-state index contributed by atoms with van der Waals surface area (Å²) < 4.78 is 0. The standard InChI is InChI=1S/C17H21N3S/c1-4-20(13-8-5-7-12(2)11-13)14-9-6-10-15(21-3)16(14)17(18)19/h5-11H,4H2,1-3H3,(H3,18,19). The molecule has 2 aromatic rings.